The summed E-state index contributed by atoms with van der Waals surface area (Å²) in [4.78, 5) is 24.7. The molecule has 0 bridgehead atoms. The number of hydrogen-bond donors (Lipinski definition) is 1. The number of aromatic nitrogens is 1. The van der Waals surface area contributed by atoms with Gasteiger partial charge in [0.15, 0.2) is 0 Å². The second-order valence-corrected chi connectivity index (χ2v) is 3.00. The molecule has 1 heterocycles. The van der Waals surface area contributed by atoms with Gasteiger partial charge in [0, 0.05) is 11.8 Å². The van der Waals surface area contributed by atoms with Gasteiger partial charge in [-0.25, -0.2) is 0 Å². The van der Waals surface area contributed by atoms with Crippen molar-refractivity contribution in [3.05, 3.63) is 33.7 Å². The van der Waals surface area contributed by atoms with Crippen LogP contribution < -0.4 is 5.56 Å². The number of esters is 1. The van der Waals surface area contributed by atoms with Gasteiger partial charge in [0.05, 0.1) is 13.0 Å². The third-order valence-corrected chi connectivity index (χ3v) is 1.80. The molecule has 1 N–H and O–H groups in total. The number of aryl methyl sites for hydroxylation is 1. The van der Waals surface area contributed by atoms with Crippen molar-refractivity contribution in [3.63, 3.8) is 0 Å². The zero-order valence-electron chi connectivity index (χ0n) is 8.29. The van der Waals surface area contributed by atoms with E-state index in [0.717, 1.165) is 5.56 Å². The Bertz CT molecular complexity index is 381. The van der Waals surface area contributed by atoms with Gasteiger partial charge in [0.25, 0.3) is 5.56 Å². The van der Waals surface area contributed by atoms with Gasteiger partial charge in [0.2, 0.25) is 0 Å². The second kappa shape index (κ2) is 4.60. The maximum absolute atomic E-state index is 11.1. The number of nitrogens with one attached hydrogen (secondary N) is 1. The molecule has 0 saturated heterocycles. The molecule has 0 unspecified atom stereocenters. The molecule has 1 aromatic rings. The van der Waals surface area contributed by atoms with E-state index in [4.69, 9.17) is 4.74 Å². The Kier molecular flexibility index (Phi) is 3.45. The molecular formula is C10H13NO3. The molecule has 4 nitrogen and oxygen atoms in total. The topological polar surface area (TPSA) is 59.2 Å². The quantitative estimate of drug-likeness (QED) is 0.725. The lowest BCUT2D eigenvalue weighted by Gasteiger charge is -2.02. The highest BCUT2D eigenvalue weighted by Gasteiger charge is 2.04. The summed E-state index contributed by atoms with van der Waals surface area (Å²) in [5, 5.41) is 0. The standard InChI is InChI=1S/C10H13NO3/c1-3-14-9(12)5-8-4-7(2)10(13)11-6-8/h4,6H,3,5H2,1-2H3,(H,11,13). The fourth-order valence-corrected chi connectivity index (χ4v) is 1.14. The Balaban J connectivity index is 2.73. The molecule has 0 atom stereocenters. The van der Waals surface area contributed by atoms with E-state index in [-0.39, 0.29) is 17.9 Å². The summed E-state index contributed by atoms with van der Waals surface area (Å²) in [5.41, 5.74) is 1.24. The summed E-state index contributed by atoms with van der Waals surface area (Å²) in [6.07, 6.45) is 1.73. The number of carbonyl (C=O) groups is 1. The largest absolute Gasteiger partial charge is 0.466 e. The zero-order valence-corrected chi connectivity index (χ0v) is 8.29. The molecule has 4 heteroatoms. The Morgan fingerprint density at radius 1 is 1.57 bits per heavy atom. The lowest BCUT2D eigenvalue weighted by atomic mass is 10.1. The first-order valence-electron chi connectivity index (χ1n) is 4.47. The number of aromatic amines is 1. The van der Waals surface area contributed by atoms with Crippen molar-refractivity contribution < 1.29 is 9.53 Å². The third kappa shape index (κ3) is 2.73. The van der Waals surface area contributed by atoms with Gasteiger partial charge >= 0.3 is 5.97 Å². The molecule has 0 saturated carbocycles. The lowest BCUT2D eigenvalue weighted by Crippen LogP contribution is -2.12. The first-order chi connectivity index (χ1) is 6.63. The minimum Gasteiger partial charge on any atom is -0.466 e. The average Bonchev–Trinajstić information content (AvgIpc) is 2.12. The van der Waals surface area contributed by atoms with Crippen LogP contribution in [0.1, 0.15) is 18.1 Å². The van der Waals surface area contributed by atoms with Crippen LogP contribution in [0.5, 0.6) is 0 Å². The molecular weight excluding hydrogens is 182 g/mol. The van der Waals surface area contributed by atoms with Crippen molar-refractivity contribution in [1.82, 2.24) is 4.98 Å². The SMILES string of the molecule is CCOC(=O)Cc1c[nH]c(=O)c(C)c1. The van der Waals surface area contributed by atoms with Gasteiger partial charge in [0.1, 0.15) is 0 Å². The summed E-state index contributed by atoms with van der Waals surface area (Å²) in [5.74, 6) is -0.279. The van der Waals surface area contributed by atoms with E-state index >= 15 is 0 Å². The Morgan fingerprint density at radius 3 is 2.86 bits per heavy atom. The van der Waals surface area contributed by atoms with Gasteiger partial charge < -0.3 is 9.72 Å². The number of carbonyl (C=O) groups excluding carboxylic acids is 1. The van der Waals surface area contributed by atoms with Crippen LogP contribution in [0.25, 0.3) is 0 Å². The lowest BCUT2D eigenvalue weighted by molar-refractivity contribution is -0.142. The molecule has 0 aliphatic rings. The van der Waals surface area contributed by atoms with Gasteiger partial charge in [-0.1, -0.05) is 0 Å². The van der Waals surface area contributed by atoms with Crippen molar-refractivity contribution in [2.75, 3.05) is 6.61 Å². The van der Waals surface area contributed by atoms with Crippen LogP contribution in [0.3, 0.4) is 0 Å². The van der Waals surface area contributed by atoms with Crippen molar-refractivity contribution in [1.29, 1.82) is 0 Å². The minimum absolute atomic E-state index is 0.127. The first-order valence-corrected chi connectivity index (χ1v) is 4.47. The fraction of sp³-hybridized carbons (Fsp3) is 0.400. The molecule has 0 amide bonds. The summed E-state index contributed by atoms with van der Waals surface area (Å²) < 4.78 is 4.78. The van der Waals surface area contributed by atoms with Crippen molar-refractivity contribution in [2.24, 2.45) is 0 Å². The maximum Gasteiger partial charge on any atom is 0.310 e. The second-order valence-electron chi connectivity index (χ2n) is 3.00. The minimum atomic E-state index is -0.279. The van der Waals surface area contributed by atoms with E-state index in [1.807, 2.05) is 0 Å². The van der Waals surface area contributed by atoms with Gasteiger partial charge in [-0.2, -0.15) is 0 Å². The highest BCUT2D eigenvalue weighted by molar-refractivity contribution is 5.72. The molecule has 0 fully saturated rings. The van der Waals surface area contributed by atoms with E-state index in [1.165, 1.54) is 6.20 Å². The third-order valence-electron chi connectivity index (χ3n) is 1.80. The van der Waals surface area contributed by atoms with Crippen molar-refractivity contribution >= 4 is 5.97 Å². The predicted octanol–water partition coefficient (Wildman–Crippen LogP) is 0.789. The van der Waals surface area contributed by atoms with Gasteiger partial charge in [-0.3, -0.25) is 9.59 Å². The number of ether oxygens (including phenoxy) is 1. The zero-order chi connectivity index (χ0) is 10.6. The summed E-state index contributed by atoms with van der Waals surface area (Å²) in [6, 6.07) is 1.69. The molecule has 14 heavy (non-hydrogen) atoms. The molecule has 0 aliphatic heterocycles. The van der Waals surface area contributed by atoms with E-state index in [1.54, 1.807) is 19.9 Å². The molecule has 0 aliphatic carbocycles. The highest BCUT2D eigenvalue weighted by Crippen LogP contribution is 1.99. The van der Waals surface area contributed by atoms with Crippen LogP contribution >= 0.6 is 0 Å². The van der Waals surface area contributed by atoms with Gasteiger partial charge in [-0.05, 0) is 25.5 Å². The highest BCUT2D eigenvalue weighted by atomic mass is 16.5. The fourth-order valence-electron chi connectivity index (χ4n) is 1.14. The van der Waals surface area contributed by atoms with Crippen molar-refractivity contribution in [2.45, 2.75) is 20.3 Å². The number of pyridine rings is 1. The molecule has 1 aromatic heterocycles. The molecule has 0 radical (unpaired) electrons. The van der Waals surface area contributed by atoms with Crippen molar-refractivity contribution in [3.8, 4) is 0 Å². The van der Waals surface area contributed by atoms with Crippen LogP contribution in [0.4, 0.5) is 0 Å². The smallest absolute Gasteiger partial charge is 0.310 e. The summed E-state index contributed by atoms with van der Waals surface area (Å²) >= 11 is 0. The molecule has 1 rings (SSSR count). The Morgan fingerprint density at radius 2 is 2.29 bits per heavy atom. The normalized spacial score (nSPS) is 9.86. The summed E-state index contributed by atoms with van der Waals surface area (Å²) in [7, 11) is 0. The van der Waals surface area contributed by atoms with Crippen LogP contribution in [-0.2, 0) is 16.0 Å². The van der Waals surface area contributed by atoms with Crippen LogP contribution in [-0.4, -0.2) is 17.6 Å². The number of hydrogen-bond acceptors (Lipinski definition) is 3. The van der Waals surface area contributed by atoms with E-state index < -0.39 is 0 Å². The molecule has 0 spiro atoms. The number of H-pyrrole nitrogens is 1. The maximum atomic E-state index is 11.1. The number of rotatable bonds is 3. The predicted molar refractivity (Wildman–Crippen MR) is 52.1 cm³/mol. The van der Waals surface area contributed by atoms with E-state index in [9.17, 15) is 9.59 Å². The molecule has 76 valence electrons. The van der Waals surface area contributed by atoms with Crippen LogP contribution in [0.2, 0.25) is 0 Å². The Labute approximate surface area is 81.9 Å². The molecule has 0 aromatic carbocycles. The van der Waals surface area contributed by atoms with Crippen LogP contribution in [0.15, 0.2) is 17.1 Å². The van der Waals surface area contributed by atoms with Crippen LogP contribution in [0, 0.1) is 6.92 Å². The Hall–Kier alpha value is -1.58. The van der Waals surface area contributed by atoms with E-state index in [2.05, 4.69) is 4.98 Å². The van der Waals surface area contributed by atoms with E-state index in [0.29, 0.717) is 12.2 Å². The monoisotopic (exact) mass is 195 g/mol. The van der Waals surface area contributed by atoms with Gasteiger partial charge in [-0.15, -0.1) is 0 Å². The summed E-state index contributed by atoms with van der Waals surface area (Å²) in [6.45, 7) is 3.84. The first kappa shape index (κ1) is 10.5. The average molecular weight is 195 g/mol.